The molecule has 2 N–H and O–H groups in total. The van der Waals surface area contributed by atoms with Gasteiger partial charge in [0.1, 0.15) is 0 Å². The zero-order valence-corrected chi connectivity index (χ0v) is 17.5. The van der Waals surface area contributed by atoms with Gasteiger partial charge in [-0.05, 0) is 31.5 Å². The molecule has 2 saturated heterocycles. The molecule has 0 aromatic heterocycles. The molecule has 2 aliphatic rings. The molecule has 0 aliphatic carbocycles. The summed E-state index contributed by atoms with van der Waals surface area (Å²) in [5.41, 5.74) is 2.57. The quantitative estimate of drug-likeness (QED) is 0.565. The molecule has 3 rings (SSSR count). The second kappa shape index (κ2) is 10.1. The SMILES string of the molecule is CN=C(NCc1ccc(N2CCOCC2)cc1)NCC(C)(C)N1CCOCC1. The summed E-state index contributed by atoms with van der Waals surface area (Å²) in [6.45, 7) is 13.3. The normalized spacial score (nSPS) is 19.5. The zero-order chi connectivity index (χ0) is 19.8. The van der Waals surface area contributed by atoms with Crippen molar-refractivity contribution in [2.24, 2.45) is 4.99 Å². The number of ether oxygens (including phenoxy) is 2. The van der Waals surface area contributed by atoms with Gasteiger partial charge in [0.2, 0.25) is 0 Å². The summed E-state index contributed by atoms with van der Waals surface area (Å²) in [4.78, 5) is 9.21. The Morgan fingerprint density at radius 1 is 0.964 bits per heavy atom. The van der Waals surface area contributed by atoms with Crippen LogP contribution in [-0.2, 0) is 16.0 Å². The highest BCUT2D eigenvalue weighted by Crippen LogP contribution is 2.17. The van der Waals surface area contributed by atoms with E-state index in [2.05, 4.69) is 63.5 Å². The zero-order valence-electron chi connectivity index (χ0n) is 17.5. The lowest BCUT2D eigenvalue weighted by molar-refractivity contribution is -0.00834. The Balaban J connectivity index is 1.45. The van der Waals surface area contributed by atoms with Gasteiger partial charge in [0.05, 0.1) is 26.4 Å². The lowest BCUT2D eigenvalue weighted by atomic mass is 10.0. The Morgan fingerprint density at radius 2 is 1.57 bits per heavy atom. The third kappa shape index (κ3) is 5.83. The molecule has 0 radical (unpaired) electrons. The first kappa shape index (κ1) is 20.9. The van der Waals surface area contributed by atoms with Crippen LogP contribution >= 0.6 is 0 Å². The third-order valence-electron chi connectivity index (χ3n) is 5.55. The van der Waals surface area contributed by atoms with Crippen molar-refractivity contribution < 1.29 is 9.47 Å². The van der Waals surface area contributed by atoms with Crippen LogP contribution in [0.5, 0.6) is 0 Å². The standard InChI is InChI=1S/C21H35N5O2/c1-21(2,26-10-14-28-15-11-26)17-24-20(22-3)23-16-18-4-6-19(7-5-18)25-8-12-27-13-9-25/h4-7H,8-17H2,1-3H3,(H2,22,23,24). The average Bonchev–Trinajstić information content (AvgIpc) is 2.75. The second-order valence-corrected chi connectivity index (χ2v) is 7.96. The summed E-state index contributed by atoms with van der Waals surface area (Å²) >= 11 is 0. The largest absolute Gasteiger partial charge is 0.379 e. The topological polar surface area (TPSA) is 61.4 Å². The van der Waals surface area contributed by atoms with Gasteiger partial charge in [-0.25, -0.2) is 0 Å². The molecule has 2 heterocycles. The predicted octanol–water partition coefficient (Wildman–Crippen LogP) is 1.30. The van der Waals surface area contributed by atoms with Crippen molar-refractivity contribution in [3.63, 3.8) is 0 Å². The molecule has 0 atom stereocenters. The number of anilines is 1. The Morgan fingerprint density at radius 3 is 2.18 bits per heavy atom. The first-order valence-electron chi connectivity index (χ1n) is 10.3. The summed E-state index contributed by atoms with van der Waals surface area (Å²) < 4.78 is 10.9. The van der Waals surface area contributed by atoms with Crippen LogP contribution in [0.4, 0.5) is 5.69 Å². The van der Waals surface area contributed by atoms with Crippen molar-refractivity contribution in [3.05, 3.63) is 29.8 Å². The summed E-state index contributed by atoms with van der Waals surface area (Å²) in [6.07, 6.45) is 0. The number of morpholine rings is 2. The van der Waals surface area contributed by atoms with Crippen molar-refractivity contribution in [1.29, 1.82) is 0 Å². The number of aliphatic imine (C=N–C) groups is 1. The number of benzene rings is 1. The Labute approximate surface area is 169 Å². The minimum atomic E-state index is 0.0568. The van der Waals surface area contributed by atoms with Gasteiger partial charge in [0.25, 0.3) is 0 Å². The van der Waals surface area contributed by atoms with Crippen LogP contribution in [0.25, 0.3) is 0 Å². The van der Waals surface area contributed by atoms with Crippen molar-refractivity contribution in [1.82, 2.24) is 15.5 Å². The Hall–Kier alpha value is -1.83. The van der Waals surface area contributed by atoms with Crippen molar-refractivity contribution >= 4 is 11.6 Å². The van der Waals surface area contributed by atoms with Crippen LogP contribution in [0.2, 0.25) is 0 Å². The predicted molar refractivity (Wildman–Crippen MR) is 114 cm³/mol. The van der Waals surface area contributed by atoms with E-state index in [4.69, 9.17) is 9.47 Å². The number of hydrogen-bond acceptors (Lipinski definition) is 5. The molecule has 1 aromatic carbocycles. The van der Waals surface area contributed by atoms with Crippen LogP contribution in [-0.4, -0.2) is 82.6 Å². The van der Waals surface area contributed by atoms with Gasteiger partial charge < -0.3 is 25.0 Å². The maximum Gasteiger partial charge on any atom is 0.191 e. The highest BCUT2D eigenvalue weighted by atomic mass is 16.5. The number of hydrogen-bond donors (Lipinski definition) is 2. The molecule has 7 nitrogen and oxygen atoms in total. The lowest BCUT2D eigenvalue weighted by Gasteiger charge is -2.41. The van der Waals surface area contributed by atoms with Gasteiger partial charge in [0.15, 0.2) is 5.96 Å². The monoisotopic (exact) mass is 389 g/mol. The summed E-state index contributed by atoms with van der Waals surface area (Å²) in [5.74, 6) is 0.832. The third-order valence-corrected chi connectivity index (χ3v) is 5.55. The number of nitrogens with one attached hydrogen (secondary N) is 2. The molecule has 2 fully saturated rings. The smallest absolute Gasteiger partial charge is 0.191 e. The molecule has 0 amide bonds. The van der Waals surface area contributed by atoms with Gasteiger partial charge in [-0.1, -0.05) is 12.1 Å². The molecule has 0 unspecified atom stereocenters. The van der Waals surface area contributed by atoms with E-state index in [1.165, 1.54) is 11.3 Å². The number of guanidine groups is 1. The minimum absolute atomic E-state index is 0.0568. The Bertz CT molecular complexity index is 620. The molecule has 0 spiro atoms. The molecule has 0 saturated carbocycles. The van der Waals surface area contributed by atoms with Gasteiger partial charge in [-0.2, -0.15) is 0 Å². The first-order valence-corrected chi connectivity index (χ1v) is 10.3. The lowest BCUT2D eigenvalue weighted by Crippen LogP contribution is -2.56. The molecule has 156 valence electrons. The van der Waals surface area contributed by atoms with E-state index in [1.54, 1.807) is 0 Å². The summed E-state index contributed by atoms with van der Waals surface area (Å²) in [7, 11) is 1.82. The van der Waals surface area contributed by atoms with E-state index < -0.39 is 0 Å². The van der Waals surface area contributed by atoms with Crippen LogP contribution in [0.3, 0.4) is 0 Å². The molecular weight excluding hydrogens is 354 g/mol. The fraction of sp³-hybridized carbons (Fsp3) is 0.667. The highest BCUT2D eigenvalue weighted by Gasteiger charge is 2.28. The molecule has 28 heavy (non-hydrogen) atoms. The van der Waals surface area contributed by atoms with Crippen LogP contribution in [0, 0.1) is 0 Å². The fourth-order valence-electron chi connectivity index (χ4n) is 3.63. The van der Waals surface area contributed by atoms with Gasteiger partial charge in [-0.15, -0.1) is 0 Å². The van der Waals surface area contributed by atoms with E-state index >= 15 is 0 Å². The van der Waals surface area contributed by atoms with Crippen LogP contribution in [0.15, 0.2) is 29.3 Å². The molecule has 0 bridgehead atoms. The highest BCUT2D eigenvalue weighted by molar-refractivity contribution is 5.79. The van der Waals surface area contributed by atoms with Crippen molar-refractivity contribution in [2.45, 2.75) is 25.9 Å². The van der Waals surface area contributed by atoms with Crippen molar-refractivity contribution in [2.75, 3.05) is 71.1 Å². The van der Waals surface area contributed by atoms with E-state index in [0.29, 0.717) is 0 Å². The summed E-state index contributed by atoms with van der Waals surface area (Å²) in [5, 5.41) is 6.90. The van der Waals surface area contributed by atoms with E-state index in [1.807, 2.05) is 7.05 Å². The molecule has 2 aliphatic heterocycles. The number of rotatable bonds is 6. The van der Waals surface area contributed by atoms with Gasteiger partial charge in [0, 0.05) is 57.5 Å². The molecule has 7 heteroatoms. The molecular formula is C21H35N5O2. The van der Waals surface area contributed by atoms with Crippen molar-refractivity contribution in [3.8, 4) is 0 Å². The van der Waals surface area contributed by atoms with Gasteiger partial charge in [-0.3, -0.25) is 9.89 Å². The van der Waals surface area contributed by atoms with E-state index in [9.17, 15) is 0 Å². The fourth-order valence-corrected chi connectivity index (χ4v) is 3.63. The number of nitrogens with zero attached hydrogens (tertiary/aromatic N) is 3. The van der Waals surface area contributed by atoms with Crippen LogP contribution in [0.1, 0.15) is 19.4 Å². The Kier molecular flexibility index (Phi) is 7.53. The van der Waals surface area contributed by atoms with Crippen LogP contribution < -0.4 is 15.5 Å². The maximum atomic E-state index is 5.47. The summed E-state index contributed by atoms with van der Waals surface area (Å²) in [6, 6.07) is 8.76. The second-order valence-electron chi connectivity index (χ2n) is 7.96. The van der Waals surface area contributed by atoms with E-state index in [0.717, 1.165) is 71.7 Å². The van der Waals surface area contributed by atoms with E-state index in [-0.39, 0.29) is 5.54 Å². The van der Waals surface area contributed by atoms with Gasteiger partial charge >= 0.3 is 0 Å². The maximum absolute atomic E-state index is 5.47. The molecule has 1 aromatic rings. The first-order chi connectivity index (χ1) is 13.6. The minimum Gasteiger partial charge on any atom is -0.379 e. The average molecular weight is 390 g/mol.